The number of hydrogen-bond donors (Lipinski definition) is 2. The van der Waals surface area contributed by atoms with Gasteiger partial charge in [-0.05, 0) is 59.9 Å². The highest BCUT2D eigenvalue weighted by Crippen LogP contribution is 2.30. The lowest BCUT2D eigenvalue weighted by Crippen LogP contribution is -2.23. The van der Waals surface area contributed by atoms with Gasteiger partial charge < -0.3 is 10.6 Å². The van der Waals surface area contributed by atoms with Crippen molar-refractivity contribution in [3.05, 3.63) is 89.2 Å². The number of rotatable bonds is 6. The molecule has 5 rings (SSSR count). The number of hydrogen-bond acceptors (Lipinski definition) is 4. The zero-order valence-electron chi connectivity index (χ0n) is 16.8. The first-order valence-corrected chi connectivity index (χ1v) is 10.7. The number of carbonyl (C=O) groups excluding carboxylic acids is 1. The van der Waals surface area contributed by atoms with Crippen LogP contribution < -0.4 is 10.6 Å². The zero-order valence-corrected chi connectivity index (χ0v) is 17.6. The largest absolute Gasteiger partial charge is 0.367 e. The summed E-state index contributed by atoms with van der Waals surface area (Å²) in [5.74, 6) is 0.701. The second-order valence-electron chi connectivity index (χ2n) is 7.74. The Morgan fingerprint density at radius 3 is 2.65 bits per heavy atom. The van der Waals surface area contributed by atoms with E-state index < -0.39 is 0 Å². The minimum atomic E-state index is -0.186. The molecule has 1 heterocycles. The summed E-state index contributed by atoms with van der Waals surface area (Å²) >= 11 is 6.13. The number of nitrogens with one attached hydrogen (secondary N) is 2. The van der Waals surface area contributed by atoms with Crippen molar-refractivity contribution in [2.75, 3.05) is 5.32 Å². The molecule has 0 radical (unpaired) electrons. The second kappa shape index (κ2) is 8.36. The minimum absolute atomic E-state index is 0.186. The van der Waals surface area contributed by atoms with Gasteiger partial charge in [-0.1, -0.05) is 48.0 Å². The molecule has 1 amide bonds. The maximum atomic E-state index is 12.5. The summed E-state index contributed by atoms with van der Waals surface area (Å²) in [7, 11) is 0. The summed E-state index contributed by atoms with van der Waals surface area (Å²) in [5.41, 5.74) is 4.57. The summed E-state index contributed by atoms with van der Waals surface area (Å²) in [4.78, 5) is 21.3. The van der Waals surface area contributed by atoms with Gasteiger partial charge in [-0.3, -0.25) is 4.79 Å². The zero-order chi connectivity index (χ0) is 21.2. The maximum Gasteiger partial charge on any atom is 0.253 e. The summed E-state index contributed by atoms with van der Waals surface area (Å²) in [5, 5.41) is 7.91. The topological polar surface area (TPSA) is 66.9 Å². The van der Waals surface area contributed by atoms with Crippen LogP contribution in [0.3, 0.4) is 0 Å². The van der Waals surface area contributed by atoms with Crippen molar-refractivity contribution in [2.45, 2.75) is 25.4 Å². The van der Waals surface area contributed by atoms with E-state index in [1.165, 1.54) is 12.8 Å². The Kier molecular flexibility index (Phi) is 5.26. The van der Waals surface area contributed by atoms with E-state index in [2.05, 4.69) is 44.9 Å². The molecule has 1 aliphatic carbocycles. The quantitative estimate of drug-likeness (QED) is 0.428. The van der Waals surface area contributed by atoms with Crippen LogP contribution in [-0.4, -0.2) is 21.9 Å². The highest BCUT2D eigenvalue weighted by molar-refractivity contribution is 6.33. The van der Waals surface area contributed by atoms with Crippen LogP contribution in [0, 0.1) is 0 Å². The normalized spacial score (nSPS) is 13.2. The second-order valence-corrected chi connectivity index (χ2v) is 8.14. The van der Waals surface area contributed by atoms with Gasteiger partial charge in [0.15, 0.2) is 0 Å². The molecule has 1 fully saturated rings. The van der Waals surface area contributed by atoms with Crippen molar-refractivity contribution in [1.82, 2.24) is 15.3 Å². The summed E-state index contributed by atoms with van der Waals surface area (Å²) in [6, 6.07) is 21.9. The fourth-order valence-electron chi connectivity index (χ4n) is 3.56. The number of carbonyl (C=O) groups is 1. The average Bonchev–Trinajstić information content (AvgIpc) is 3.62. The van der Waals surface area contributed by atoms with Crippen LogP contribution in [0.25, 0.3) is 22.0 Å². The Bertz CT molecular complexity index is 1270. The highest BCUT2D eigenvalue weighted by Gasteiger charge is 2.22. The molecule has 0 unspecified atom stereocenters. The lowest BCUT2D eigenvalue weighted by atomic mass is 10.0. The van der Waals surface area contributed by atoms with Gasteiger partial charge in [-0.25, -0.2) is 9.97 Å². The molecule has 1 saturated carbocycles. The van der Waals surface area contributed by atoms with Crippen LogP contribution in [0.1, 0.15) is 28.8 Å². The lowest BCUT2D eigenvalue weighted by molar-refractivity contribution is 0.0951. The summed E-state index contributed by atoms with van der Waals surface area (Å²) < 4.78 is 0. The molecule has 31 heavy (non-hydrogen) atoms. The Hall–Kier alpha value is -3.44. The van der Waals surface area contributed by atoms with Gasteiger partial charge in [0.1, 0.15) is 12.1 Å². The smallest absolute Gasteiger partial charge is 0.253 e. The minimum Gasteiger partial charge on any atom is -0.367 e. The van der Waals surface area contributed by atoms with Crippen LogP contribution in [-0.2, 0) is 6.54 Å². The molecule has 0 saturated heterocycles. The molecule has 4 aromatic rings. The van der Waals surface area contributed by atoms with Crippen molar-refractivity contribution >= 4 is 34.2 Å². The number of benzene rings is 3. The van der Waals surface area contributed by atoms with Crippen LogP contribution in [0.5, 0.6) is 0 Å². The first-order valence-electron chi connectivity index (χ1n) is 10.3. The monoisotopic (exact) mass is 428 g/mol. The van der Waals surface area contributed by atoms with E-state index in [0.29, 0.717) is 23.2 Å². The van der Waals surface area contributed by atoms with Crippen LogP contribution in [0.2, 0.25) is 5.02 Å². The SMILES string of the molecule is O=C(NCc1cccc(-c2ccc3ncnc(NC4CC4)c3c2)c1)c1ccccc1Cl. The molecule has 6 heteroatoms. The maximum absolute atomic E-state index is 12.5. The van der Waals surface area contributed by atoms with E-state index >= 15 is 0 Å². The molecule has 0 atom stereocenters. The molecule has 2 N–H and O–H groups in total. The third kappa shape index (κ3) is 4.37. The lowest BCUT2D eigenvalue weighted by Gasteiger charge is -2.11. The predicted octanol–water partition coefficient (Wildman–Crippen LogP) is 5.45. The molecular weight excluding hydrogens is 408 g/mol. The standard InChI is InChI=1S/C25H21ClN4O/c26-22-7-2-1-6-20(22)25(31)27-14-16-4-3-5-17(12-16)18-8-11-23-21(13-18)24(29-15-28-23)30-19-9-10-19/h1-8,11-13,15,19H,9-10,14H2,(H,27,31)(H,28,29,30). The van der Waals surface area contributed by atoms with Crippen LogP contribution >= 0.6 is 11.6 Å². The van der Waals surface area contributed by atoms with Crippen molar-refractivity contribution in [3.8, 4) is 11.1 Å². The predicted molar refractivity (Wildman–Crippen MR) is 124 cm³/mol. The van der Waals surface area contributed by atoms with Crippen molar-refractivity contribution in [1.29, 1.82) is 0 Å². The van der Waals surface area contributed by atoms with Gasteiger partial charge >= 0.3 is 0 Å². The van der Waals surface area contributed by atoms with Gasteiger partial charge in [0.05, 0.1) is 16.1 Å². The van der Waals surface area contributed by atoms with E-state index in [0.717, 1.165) is 33.4 Å². The van der Waals surface area contributed by atoms with Crippen molar-refractivity contribution < 1.29 is 4.79 Å². The molecule has 1 aromatic heterocycles. The third-order valence-corrected chi connectivity index (χ3v) is 5.71. The fourth-order valence-corrected chi connectivity index (χ4v) is 3.78. The first kappa shape index (κ1) is 19.5. The van der Waals surface area contributed by atoms with E-state index in [1.807, 2.05) is 24.3 Å². The van der Waals surface area contributed by atoms with Gasteiger partial charge in [-0.2, -0.15) is 0 Å². The molecule has 0 aliphatic heterocycles. The van der Waals surface area contributed by atoms with Crippen molar-refractivity contribution in [2.24, 2.45) is 0 Å². The number of halogens is 1. The number of aromatic nitrogens is 2. The Labute approximate surface area is 185 Å². The van der Waals surface area contributed by atoms with E-state index in [9.17, 15) is 4.79 Å². The molecule has 3 aromatic carbocycles. The molecule has 0 bridgehead atoms. The van der Waals surface area contributed by atoms with Crippen LogP contribution in [0.15, 0.2) is 73.1 Å². The average molecular weight is 429 g/mol. The van der Waals surface area contributed by atoms with E-state index in [4.69, 9.17) is 11.6 Å². The van der Waals surface area contributed by atoms with Gasteiger partial charge in [0.2, 0.25) is 0 Å². The summed E-state index contributed by atoms with van der Waals surface area (Å²) in [6.07, 6.45) is 3.98. The third-order valence-electron chi connectivity index (χ3n) is 5.39. The molecule has 154 valence electrons. The first-order chi connectivity index (χ1) is 15.2. The van der Waals surface area contributed by atoms with Gasteiger partial charge in [-0.15, -0.1) is 0 Å². The van der Waals surface area contributed by atoms with E-state index in [-0.39, 0.29) is 5.91 Å². The Morgan fingerprint density at radius 1 is 0.968 bits per heavy atom. The Morgan fingerprint density at radius 2 is 1.81 bits per heavy atom. The molecule has 0 spiro atoms. The number of anilines is 1. The van der Waals surface area contributed by atoms with Crippen LogP contribution in [0.4, 0.5) is 5.82 Å². The van der Waals surface area contributed by atoms with Crippen molar-refractivity contribution in [3.63, 3.8) is 0 Å². The Balaban J connectivity index is 1.38. The molecular formula is C25H21ClN4O. The van der Waals surface area contributed by atoms with Gasteiger partial charge in [0, 0.05) is 18.0 Å². The number of amides is 1. The number of fused-ring (bicyclic) bond motifs is 1. The fraction of sp³-hybridized carbons (Fsp3) is 0.160. The van der Waals surface area contributed by atoms with Gasteiger partial charge in [0.25, 0.3) is 5.91 Å². The van der Waals surface area contributed by atoms with E-state index in [1.54, 1.807) is 24.5 Å². The molecule has 1 aliphatic rings. The highest BCUT2D eigenvalue weighted by atomic mass is 35.5. The number of nitrogens with zero attached hydrogens (tertiary/aromatic N) is 2. The summed E-state index contributed by atoms with van der Waals surface area (Å²) in [6.45, 7) is 0.420. The molecule has 5 nitrogen and oxygen atoms in total.